The molecule has 0 saturated carbocycles. The van der Waals surface area contributed by atoms with E-state index in [1.165, 1.54) is 24.3 Å². The monoisotopic (exact) mass is 412 g/mol. The van der Waals surface area contributed by atoms with Crippen LogP contribution in [0.25, 0.3) is 0 Å². The molecule has 7 heteroatoms. The molecule has 0 aromatic heterocycles. The number of halogens is 2. The predicted octanol–water partition coefficient (Wildman–Crippen LogP) is 5.06. The predicted molar refractivity (Wildman–Crippen MR) is 111 cm³/mol. The first-order chi connectivity index (χ1) is 13.9. The molecule has 29 heavy (non-hydrogen) atoms. The summed E-state index contributed by atoms with van der Waals surface area (Å²) in [6.45, 7) is 1.66. The molecule has 0 aliphatic carbocycles. The van der Waals surface area contributed by atoms with Crippen molar-refractivity contribution in [3.05, 3.63) is 88.7 Å². The van der Waals surface area contributed by atoms with Crippen LogP contribution >= 0.6 is 11.6 Å². The number of rotatable bonds is 6. The smallest absolute Gasteiger partial charge is 0.262 e. The Labute approximate surface area is 172 Å². The number of benzene rings is 3. The molecule has 3 rings (SSSR count). The normalized spacial score (nSPS) is 10.3. The van der Waals surface area contributed by atoms with E-state index in [1.54, 1.807) is 42.5 Å². The lowest BCUT2D eigenvalue weighted by molar-refractivity contribution is -0.118. The number of aryl methyl sites for hydroxylation is 1. The second-order valence-electron chi connectivity index (χ2n) is 6.29. The number of carbonyl (C=O) groups excluding carboxylic acids is 2. The molecule has 0 atom stereocenters. The highest BCUT2D eigenvalue weighted by molar-refractivity contribution is 6.31. The van der Waals surface area contributed by atoms with Crippen molar-refractivity contribution in [2.75, 3.05) is 17.2 Å². The molecule has 3 aromatic rings. The molecule has 3 aromatic carbocycles. The Balaban J connectivity index is 1.58. The first kappa shape index (κ1) is 20.4. The van der Waals surface area contributed by atoms with Gasteiger partial charge in [-0.3, -0.25) is 9.59 Å². The summed E-state index contributed by atoms with van der Waals surface area (Å²) in [5.41, 5.74) is 2.13. The van der Waals surface area contributed by atoms with E-state index in [9.17, 15) is 14.0 Å². The van der Waals surface area contributed by atoms with Crippen molar-refractivity contribution in [1.29, 1.82) is 0 Å². The lowest BCUT2D eigenvalue weighted by atomic mass is 10.2. The molecule has 0 radical (unpaired) electrons. The van der Waals surface area contributed by atoms with Crippen molar-refractivity contribution in [3.8, 4) is 5.75 Å². The Morgan fingerprint density at radius 2 is 1.72 bits per heavy atom. The van der Waals surface area contributed by atoms with Gasteiger partial charge in [-0.25, -0.2) is 4.39 Å². The second-order valence-corrected chi connectivity index (χ2v) is 6.70. The van der Waals surface area contributed by atoms with E-state index >= 15 is 0 Å². The molecule has 0 unspecified atom stereocenters. The second kappa shape index (κ2) is 9.21. The number of ether oxygens (including phenoxy) is 1. The van der Waals surface area contributed by atoms with Gasteiger partial charge in [0, 0.05) is 22.0 Å². The molecule has 2 amide bonds. The summed E-state index contributed by atoms with van der Waals surface area (Å²) in [6.07, 6.45) is 0. The van der Waals surface area contributed by atoms with Crippen LogP contribution in [0.4, 0.5) is 15.8 Å². The van der Waals surface area contributed by atoms with Gasteiger partial charge in [0.25, 0.3) is 11.8 Å². The van der Waals surface area contributed by atoms with Crippen LogP contribution in [0, 0.1) is 12.7 Å². The van der Waals surface area contributed by atoms with Gasteiger partial charge < -0.3 is 15.4 Å². The molecule has 0 fully saturated rings. The van der Waals surface area contributed by atoms with Crippen molar-refractivity contribution in [2.45, 2.75) is 6.92 Å². The van der Waals surface area contributed by atoms with E-state index in [0.29, 0.717) is 27.7 Å². The average Bonchev–Trinajstić information content (AvgIpc) is 2.71. The van der Waals surface area contributed by atoms with Crippen LogP contribution < -0.4 is 15.4 Å². The number of amides is 2. The fourth-order valence-electron chi connectivity index (χ4n) is 2.53. The molecule has 0 bridgehead atoms. The van der Waals surface area contributed by atoms with E-state index in [4.69, 9.17) is 16.3 Å². The fraction of sp³-hybridized carbons (Fsp3) is 0.0909. The lowest BCUT2D eigenvalue weighted by Crippen LogP contribution is -2.20. The van der Waals surface area contributed by atoms with Crippen LogP contribution in [0.3, 0.4) is 0 Å². The Morgan fingerprint density at radius 1 is 0.966 bits per heavy atom. The fourth-order valence-corrected chi connectivity index (χ4v) is 2.65. The quantitative estimate of drug-likeness (QED) is 0.594. The van der Waals surface area contributed by atoms with Gasteiger partial charge >= 0.3 is 0 Å². The first-order valence-corrected chi connectivity index (χ1v) is 9.14. The van der Waals surface area contributed by atoms with Crippen molar-refractivity contribution in [1.82, 2.24) is 0 Å². The summed E-state index contributed by atoms with van der Waals surface area (Å²) in [7, 11) is 0. The van der Waals surface area contributed by atoms with Gasteiger partial charge in [-0.15, -0.1) is 0 Å². The SMILES string of the molecule is Cc1cc(OCC(=O)Nc2cccc(C(=O)Nc3ccc(F)cc3)c2)ccc1Cl. The number of nitrogens with one attached hydrogen (secondary N) is 2. The zero-order chi connectivity index (χ0) is 20.8. The van der Waals surface area contributed by atoms with Crippen LogP contribution in [-0.2, 0) is 4.79 Å². The summed E-state index contributed by atoms with van der Waals surface area (Å²) in [5, 5.41) is 5.98. The zero-order valence-electron chi connectivity index (χ0n) is 15.5. The van der Waals surface area contributed by atoms with Crippen LogP contribution in [-0.4, -0.2) is 18.4 Å². The molecule has 0 heterocycles. The van der Waals surface area contributed by atoms with Gasteiger partial charge in [-0.1, -0.05) is 17.7 Å². The van der Waals surface area contributed by atoms with Gasteiger partial charge in [-0.05, 0) is 73.2 Å². The lowest BCUT2D eigenvalue weighted by Gasteiger charge is -2.10. The van der Waals surface area contributed by atoms with Gasteiger partial charge in [0.2, 0.25) is 0 Å². The average molecular weight is 413 g/mol. The largest absolute Gasteiger partial charge is 0.484 e. The Hall–Kier alpha value is -3.38. The van der Waals surface area contributed by atoms with Crippen molar-refractivity contribution >= 4 is 34.8 Å². The third kappa shape index (κ3) is 5.80. The third-order valence-electron chi connectivity index (χ3n) is 4.01. The van der Waals surface area contributed by atoms with Gasteiger partial charge in [0.05, 0.1) is 0 Å². The summed E-state index contributed by atoms with van der Waals surface area (Å²) >= 11 is 5.96. The van der Waals surface area contributed by atoms with E-state index in [0.717, 1.165) is 5.56 Å². The first-order valence-electron chi connectivity index (χ1n) is 8.76. The van der Waals surface area contributed by atoms with Crippen molar-refractivity contribution in [2.24, 2.45) is 0 Å². The number of hydrogen-bond acceptors (Lipinski definition) is 3. The van der Waals surface area contributed by atoms with Crippen molar-refractivity contribution in [3.63, 3.8) is 0 Å². The zero-order valence-corrected chi connectivity index (χ0v) is 16.3. The maximum Gasteiger partial charge on any atom is 0.262 e. The van der Waals surface area contributed by atoms with E-state index in [2.05, 4.69) is 10.6 Å². The molecule has 0 aliphatic heterocycles. The molecule has 2 N–H and O–H groups in total. The summed E-state index contributed by atoms with van der Waals surface area (Å²) in [6, 6.07) is 17.1. The Morgan fingerprint density at radius 3 is 2.45 bits per heavy atom. The minimum atomic E-state index is -0.385. The van der Waals surface area contributed by atoms with Gasteiger partial charge in [-0.2, -0.15) is 0 Å². The number of carbonyl (C=O) groups is 2. The van der Waals surface area contributed by atoms with E-state index < -0.39 is 0 Å². The summed E-state index contributed by atoms with van der Waals surface area (Å²) in [5.74, 6) is -0.590. The number of anilines is 2. The Kier molecular flexibility index (Phi) is 6.46. The van der Waals surface area contributed by atoms with Gasteiger partial charge in [0.15, 0.2) is 6.61 Å². The minimum absolute atomic E-state index is 0.187. The molecule has 148 valence electrons. The highest BCUT2D eigenvalue weighted by atomic mass is 35.5. The topological polar surface area (TPSA) is 67.4 Å². The maximum absolute atomic E-state index is 13.0. The highest BCUT2D eigenvalue weighted by Crippen LogP contribution is 2.21. The van der Waals surface area contributed by atoms with Crippen LogP contribution in [0.1, 0.15) is 15.9 Å². The minimum Gasteiger partial charge on any atom is -0.484 e. The highest BCUT2D eigenvalue weighted by Gasteiger charge is 2.09. The molecule has 0 aliphatic rings. The third-order valence-corrected chi connectivity index (χ3v) is 4.43. The van der Waals surface area contributed by atoms with E-state index in [-0.39, 0.29) is 24.2 Å². The number of hydrogen-bond donors (Lipinski definition) is 2. The van der Waals surface area contributed by atoms with Crippen LogP contribution in [0.5, 0.6) is 5.75 Å². The molecular weight excluding hydrogens is 395 g/mol. The molecular formula is C22H18ClFN2O3. The van der Waals surface area contributed by atoms with Crippen LogP contribution in [0.15, 0.2) is 66.7 Å². The van der Waals surface area contributed by atoms with Crippen molar-refractivity contribution < 1.29 is 18.7 Å². The van der Waals surface area contributed by atoms with Gasteiger partial charge in [0.1, 0.15) is 11.6 Å². The molecule has 5 nitrogen and oxygen atoms in total. The maximum atomic E-state index is 13.0. The van der Waals surface area contributed by atoms with E-state index in [1.807, 2.05) is 6.92 Å². The molecule has 0 saturated heterocycles. The standard InChI is InChI=1S/C22H18ClFN2O3/c1-14-11-19(9-10-20(14)23)29-13-21(27)25-18-4-2-3-15(12-18)22(28)26-17-7-5-16(24)6-8-17/h2-12H,13H2,1H3,(H,25,27)(H,26,28). The summed E-state index contributed by atoms with van der Waals surface area (Å²) < 4.78 is 18.4. The Bertz CT molecular complexity index is 1040. The molecule has 0 spiro atoms. The van der Waals surface area contributed by atoms with Crippen LogP contribution in [0.2, 0.25) is 5.02 Å². The summed E-state index contributed by atoms with van der Waals surface area (Å²) in [4.78, 5) is 24.5.